The molecule has 0 radical (unpaired) electrons. The van der Waals surface area contributed by atoms with Gasteiger partial charge in [-0.05, 0) is 12.1 Å². The van der Waals surface area contributed by atoms with Gasteiger partial charge in [-0.15, -0.1) is 0 Å². The zero-order chi connectivity index (χ0) is 12.6. The molecule has 0 aromatic carbocycles. The summed E-state index contributed by atoms with van der Waals surface area (Å²) in [6, 6.07) is 2.83. The van der Waals surface area contributed by atoms with E-state index in [2.05, 4.69) is 4.98 Å². The molecule has 0 aliphatic carbocycles. The number of carboxylic acids is 1. The lowest BCUT2D eigenvalue weighted by atomic mass is 10.3. The Balaban J connectivity index is 2.47. The topological polar surface area (TPSA) is 88.7 Å². The maximum atomic E-state index is 11.1. The van der Waals surface area contributed by atoms with Gasteiger partial charge in [-0.3, -0.25) is 0 Å². The Labute approximate surface area is 97.4 Å². The molecule has 0 spiro atoms. The van der Waals surface area contributed by atoms with Crippen molar-refractivity contribution in [3.63, 3.8) is 0 Å². The number of nitrogens with zero attached hydrogens (tertiary/aromatic N) is 2. The molecular formula is C10H10N2O4S. The van der Waals surface area contributed by atoms with Crippen LogP contribution in [0.5, 0.6) is 0 Å². The van der Waals surface area contributed by atoms with Crippen molar-refractivity contribution in [3.05, 3.63) is 35.8 Å². The quantitative estimate of drug-likeness (QED) is 0.865. The highest BCUT2D eigenvalue weighted by atomic mass is 32.2. The third-order valence-corrected chi connectivity index (χ3v) is 2.99. The van der Waals surface area contributed by atoms with Gasteiger partial charge in [0.05, 0.1) is 17.0 Å². The Morgan fingerprint density at radius 2 is 2.24 bits per heavy atom. The molecule has 6 nitrogen and oxygen atoms in total. The highest BCUT2D eigenvalue weighted by molar-refractivity contribution is 7.89. The molecule has 0 aliphatic rings. The first kappa shape index (κ1) is 11.6. The summed E-state index contributed by atoms with van der Waals surface area (Å²) in [5.41, 5.74) is 0.938. The predicted molar refractivity (Wildman–Crippen MR) is 60.7 cm³/mol. The Kier molecular flexibility index (Phi) is 2.62. The normalized spacial score (nSPS) is 11.8. The number of aromatic carboxylic acids is 1. The first-order valence-electron chi connectivity index (χ1n) is 4.74. The van der Waals surface area contributed by atoms with Gasteiger partial charge in [0.1, 0.15) is 5.65 Å². The minimum atomic E-state index is -3.14. The second-order valence-corrected chi connectivity index (χ2v) is 5.93. The molecule has 0 atom stereocenters. The molecule has 0 unspecified atom stereocenters. The molecule has 1 N–H and O–H groups in total. The van der Waals surface area contributed by atoms with E-state index in [0.717, 1.165) is 6.26 Å². The van der Waals surface area contributed by atoms with Crippen molar-refractivity contribution in [1.29, 1.82) is 0 Å². The van der Waals surface area contributed by atoms with Crippen LogP contribution in [0.1, 0.15) is 16.1 Å². The van der Waals surface area contributed by atoms with Crippen LogP contribution in [-0.2, 0) is 15.6 Å². The number of sulfone groups is 1. The minimum absolute atomic E-state index is 0.119. The summed E-state index contributed by atoms with van der Waals surface area (Å²) in [7, 11) is -3.14. The Morgan fingerprint density at radius 1 is 1.53 bits per heavy atom. The minimum Gasteiger partial charge on any atom is -0.478 e. The first-order chi connectivity index (χ1) is 7.85. The van der Waals surface area contributed by atoms with Crippen LogP contribution < -0.4 is 0 Å². The molecule has 2 heterocycles. The van der Waals surface area contributed by atoms with E-state index in [1.54, 1.807) is 10.6 Å². The van der Waals surface area contributed by atoms with E-state index in [-0.39, 0.29) is 11.3 Å². The molecule has 0 amide bonds. The summed E-state index contributed by atoms with van der Waals surface area (Å²) in [6.07, 6.45) is 4.24. The van der Waals surface area contributed by atoms with E-state index in [0.29, 0.717) is 11.3 Å². The number of carboxylic acid groups (broad SMARTS) is 1. The second-order valence-electron chi connectivity index (χ2n) is 3.79. The predicted octanol–water partition coefficient (Wildman–Crippen LogP) is 0.577. The fraction of sp³-hybridized carbons (Fsp3) is 0.200. The SMILES string of the molecule is CS(=O)(=O)Cc1cn2ccc(C(=O)O)cc2n1. The number of aromatic nitrogens is 2. The van der Waals surface area contributed by atoms with E-state index in [1.807, 2.05) is 0 Å². The van der Waals surface area contributed by atoms with Crippen molar-refractivity contribution in [1.82, 2.24) is 9.38 Å². The van der Waals surface area contributed by atoms with Crippen LogP contribution in [-0.4, -0.2) is 35.1 Å². The first-order valence-corrected chi connectivity index (χ1v) is 6.80. The highest BCUT2D eigenvalue weighted by Gasteiger charge is 2.10. The maximum absolute atomic E-state index is 11.1. The van der Waals surface area contributed by atoms with Crippen molar-refractivity contribution in [3.8, 4) is 0 Å². The van der Waals surface area contributed by atoms with Crippen LogP contribution in [0.25, 0.3) is 5.65 Å². The van der Waals surface area contributed by atoms with Gasteiger partial charge >= 0.3 is 5.97 Å². The third-order valence-electron chi connectivity index (χ3n) is 2.17. The fourth-order valence-corrected chi connectivity index (χ4v) is 2.18. The molecular weight excluding hydrogens is 244 g/mol. The molecule has 2 aromatic rings. The van der Waals surface area contributed by atoms with Gasteiger partial charge in [0.25, 0.3) is 0 Å². The summed E-state index contributed by atoms with van der Waals surface area (Å²) in [5, 5.41) is 8.80. The summed E-state index contributed by atoms with van der Waals surface area (Å²) in [5.74, 6) is -1.20. The van der Waals surface area contributed by atoms with E-state index in [4.69, 9.17) is 5.11 Å². The number of rotatable bonds is 3. The average Bonchev–Trinajstić information content (AvgIpc) is 2.54. The molecule has 0 bridgehead atoms. The van der Waals surface area contributed by atoms with Crippen LogP contribution in [0.15, 0.2) is 24.5 Å². The second kappa shape index (κ2) is 3.85. The molecule has 2 rings (SSSR count). The Hall–Kier alpha value is -1.89. The lowest BCUT2D eigenvalue weighted by molar-refractivity contribution is 0.0697. The highest BCUT2D eigenvalue weighted by Crippen LogP contribution is 2.10. The third kappa shape index (κ3) is 2.62. The summed E-state index contributed by atoms with van der Waals surface area (Å²) in [4.78, 5) is 14.8. The van der Waals surface area contributed by atoms with E-state index < -0.39 is 15.8 Å². The number of hydrogen-bond acceptors (Lipinski definition) is 4. The molecule has 7 heteroatoms. The smallest absolute Gasteiger partial charge is 0.335 e. The van der Waals surface area contributed by atoms with Gasteiger partial charge in [0.15, 0.2) is 9.84 Å². The Morgan fingerprint density at radius 3 is 2.82 bits per heavy atom. The number of pyridine rings is 1. The molecule has 0 saturated heterocycles. The van der Waals surface area contributed by atoms with Crippen LogP contribution in [0.4, 0.5) is 0 Å². The molecule has 17 heavy (non-hydrogen) atoms. The molecule has 0 saturated carbocycles. The molecule has 90 valence electrons. The summed E-state index contributed by atoms with van der Waals surface area (Å²) >= 11 is 0. The van der Waals surface area contributed by atoms with Crippen LogP contribution in [0.3, 0.4) is 0 Å². The van der Waals surface area contributed by atoms with Gasteiger partial charge in [-0.2, -0.15) is 0 Å². The van der Waals surface area contributed by atoms with Crippen LogP contribution in [0, 0.1) is 0 Å². The van der Waals surface area contributed by atoms with Crippen molar-refractivity contribution >= 4 is 21.5 Å². The van der Waals surface area contributed by atoms with Gasteiger partial charge < -0.3 is 9.51 Å². The van der Waals surface area contributed by atoms with Crippen molar-refractivity contribution in [2.75, 3.05) is 6.26 Å². The lowest BCUT2D eigenvalue weighted by Gasteiger charge is -1.94. The maximum Gasteiger partial charge on any atom is 0.335 e. The van der Waals surface area contributed by atoms with Gasteiger partial charge in [-0.1, -0.05) is 0 Å². The average molecular weight is 254 g/mol. The number of carbonyl (C=O) groups is 1. The van der Waals surface area contributed by atoms with E-state index in [1.165, 1.54) is 18.3 Å². The standard InChI is InChI=1S/C10H10N2O4S/c1-17(15,16)6-8-5-12-3-2-7(10(13)14)4-9(12)11-8/h2-5H,6H2,1H3,(H,13,14). The number of hydrogen-bond donors (Lipinski definition) is 1. The zero-order valence-corrected chi connectivity index (χ0v) is 9.81. The zero-order valence-electron chi connectivity index (χ0n) is 8.99. The van der Waals surface area contributed by atoms with Crippen molar-refractivity contribution in [2.24, 2.45) is 0 Å². The van der Waals surface area contributed by atoms with E-state index >= 15 is 0 Å². The van der Waals surface area contributed by atoms with Gasteiger partial charge in [0, 0.05) is 18.6 Å². The number of imidazole rings is 1. The van der Waals surface area contributed by atoms with Crippen molar-refractivity contribution in [2.45, 2.75) is 5.75 Å². The fourth-order valence-electron chi connectivity index (χ4n) is 1.51. The lowest BCUT2D eigenvalue weighted by Crippen LogP contribution is -2.00. The van der Waals surface area contributed by atoms with Crippen LogP contribution in [0.2, 0.25) is 0 Å². The molecule has 0 fully saturated rings. The molecule has 2 aromatic heterocycles. The largest absolute Gasteiger partial charge is 0.478 e. The summed E-state index contributed by atoms with van der Waals surface area (Å²) < 4.78 is 23.8. The van der Waals surface area contributed by atoms with Crippen molar-refractivity contribution < 1.29 is 18.3 Å². The Bertz CT molecular complexity index is 687. The van der Waals surface area contributed by atoms with E-state index in [9.17, 15) is 13.2 Å². The van der Waals surface area contributed by atoms with Gasteiger partial charge in [0.2, 0.25) is 0 Å². The molecule has 0 aliphatic heterocycles. The van der Waals surface area contributed by atoms with Gasteiger partial charge in [-0.25, -0.2) is 18.2 Å². The summed E-state index contributed by atoms with van der Waals surface area (Å²) in [6.45, 7) is 0. The number of fused-ring (bicyclic) bond motifs is 1. The monoisotopic (exact) mass is 254 g/mol. The van der Waals surface area contributed by atoms with Crippen LogP contribution >= 0.6 is 0 Å².